The number of hydrogen-bond donors (Lipinski definition) is 0. The normalized spacial score (nSPS) is 12.3. The summed E-state index contributed by atoms with van der Waals surface area (Å²) in [5.41, 5.74) is 0.535. The number of nitrogens with zero attached hydrogens (tertiary/aromatic N) is 2. The number of methoxy groups -OCH3 is 1. The Kier molecular flexibility index (Phi) is 8.39. The van der Waals surface area contributed by atoms with Crippen molar-refractivity contribution in [2.75, 3.05) is 46.6 Å². The van der Waals surface area contributed by atoms with E-state index in [1.54, 1.807) is 23.1 Å². The number of carbonyl (C=O) groups excluding carboxylic acids is 2. The summed E-state index contributed by atoms with van der Waals surface area (Å²) in [6, 6.07) is 5.18. The molecule has 0 aromatic heterocycles. The third kappa shape index (κ3) is 6.13. The number of hydrogen-bond acceptors (Lipinski definition) is 6. The minimum atomic E-state index is -0.318. The Morgan fingerprint density at radius 1 is 1.04 bits per heavy atom. The van der Waals surface area contributed by atoms with E-state index in [4.69, 9.17) is 14.2 Å². The van der Waals surface area contributed by atoms with Gasteiger partial charge in [-0.3, -0.25) is 9.59 Å². The predicted molar refractivity (Wildman–Crippen MR) is 102 cm³/mol. The van der Waals surface area contributed by atoms with Crippen LogP contribution >= 0.6 is 0 Å². The second-order valence-electron chi connectivity index (χ2n) is 6.42. The first-order chi connectivity index (χ1) is 13.1. The summed E-state index contributed by atoms with van der Waals surface area (Å²) in [6.45, 7) is 8.47. The van der Waals surface area contributed by atoms with Crippen LogP contribution in [0, 0.1) is 0 Å². The Hall–Kier alpha value is -2.28. The van der Waals surface area contributed by atoms with Crippen molar-refractivity contribution in [2.45, 2.75) is 33.1 Å². The lowest BCUT2D eigenvalue weighted by molar-refractivity contribution is -0.140. The summed E-state index contributed by atoms with van der Waals surface area (Å²) in [7, 11) is 1.36. The number of esters is 1. The monoisotopic (exact) mass is 378 g/mol. The van der Waals surface area contributed by atoms with Gasteiger partial charge in [-0.25, -0.2) is 0 Å². The topological polar surface area (TPSA) is 68.3 Å². The second-order valence-corrected chi connectivity index (χ2v) is 6.42. The number of amides is 1. The molecule has 0 radical (unpaired) electrons. The van der Waals surface area contributed by atoms with Gasteiger partial charge in [-0.2, -0.15) is 0 Å². The van der Waals surface area contributed by atoms with Gasteiger partial charge in [0.2, 0.25) is 6.79 Å². The van der Waals surface area contributed by atoms with Crippen molar-refractivity contribution in [2.24, 2.45) is 0 Å². The van der Waals surface area contributed by atoms with Gasteiger partial charge < -0.3 is 24.0 Å². The van der Waals surface area contributed by atoms with Gasteiger partial charge in [0.15, 0.2) is 11.5 Å². The molecular formula is C20H30N2O5. The highest BCUT2D eigenvalue weighted by Gasteiger charge is 2.21. The standard InChI is InChI=1S/C20H30N2O5/c1-4-21(5-2)11-6-7-12-22(13-10-19(23)25-3)20(24)16-8-9-17-18(14-16)27-15-26-17/h8-9,14H,4-7,10-13,15H2,1-3H3. The van der Waals surface area contributed by atoms with Crippen LogP contribution in [0.3, 0.4) is 0 Å². The van der Waals surface area contributed by atoms with Gasteiger partial charge in [0, 0.05) is 18.7 Å². The molecule has 1 aliphatic heterocycles. The summed E-state index contributed by atoms with van der Waals surface area (Å²) in [6.07, 6.45) is 2.07. The molecule has 27 heavy (non-hydrogen) atoms. The van der Waals surface area contributed by atoms with Crippen molar-refractivity contribution in [1.82, 2.24) is 9.80 Å². The van der Waals surface area contributed by atoms with Gasteiger partial charge >= 0.3 is 5.97 Å². The van der Waals surface area contributed by atoms with Gasteiger partial charge in [0.1, 0.15) is 0 Å². The van der Waals surface area contributed by atoms with Crippen LogP contribution in [0.25, 0.3) is 0 Å². The SMILES string of the molecule is CCN(CC)CCCCN(CCC(=O)OC)C(=O)c1ccc2c(c1)OCO2. The summed E-state index contributed by atoms with van der Waals surface area (Å²) in [5, 5.41) is 0. The summed E-state index contributed by atoms with van der Waals surface area (Å²) in [5.74, 6) is 0.795. The molecule has 0 aliphatic carbocycles. The minimum Gasteiger partial charge on any atom is -0.469 e. The third-order valence-electron chi connectivity index (χ3n) is 4.77. The fraction of sp³-hybridized carbons (Fsp3) is 0.600. The van der Waals surface area contributed by atoms with Gasteiger partial charge in [-0.1, -0.05) is 13.8 Å². The zero-order valence-electron chi connectivity index (χ0n) is 16.5. The highest BCUT2D eigenvalue weighted by atomic mass is 16.7. The molecule has 0 saturated heterocycles. The maximum absolute atomic E-state index is 13.0. The third-order valence-corrected chi connectivity index (χ3v) is 4.77. The van der Waals surface area contributed by atoms with Crippen molar-refractivity contribution in [3.8, 4) is 11.5 Å². The van der Waals surface area contributed by atoms with Crippen LogP contribution < -0.4 is 9.47 Å². The van der Waals surface area contributed by atoms with Crippen LogP contribution in [0.4, 0.5) is 0 Å². The van der Waals surface area contributed by atoms with E-state index < -0.39 is 0 Å². The molecule has 0 spiro atoms. The average molecular weight is 378 g/mol. The molecule has 0 atom stereocenters. The van der Waals surface area contributed by atoms with Crippen molar-refractivity contribution in [3.05, 3.63) is 23.8 Å². The second kappa shape index (κ2) is 10.8. The smallest absolute Gasteiger partial charge is 0.307 e. The Balaban J connectivity index is 1.97. The van der Waals surface area contributed by atoms with Gasteiger partial charge in [-0.15, -0.1) is 0 Å². The average Bonchev–Trinajstić information content (AvgIpc) is 3.17. The fourth-order valence-electron chi connectivity index (χ4n) is 3.03. The fourth-order valence-corrected chi connectivity index (χ4v) is 3.03. The van der Waals surface area contributed by atoms with Gasteiger partial charge in [-0.05, 0) is 50.7 Å². The number of unbranched alkanes of at least 4 members (excludes halogenated alkanes) is 1. The number of carbonyl (C=O) groups is 2. The molecule has 7 heteroatoms. The van der Waals surface area contributed by atoms with Crippen LogP contribution in [0.1, 0.15) is 43.5 Å². The molecule has 1 aromatic carbocycles. The van der Waals surface area contributed by atoms with E-state index >= 15 is 0 Å². The first kappa shape index (κ1) is 21.0. The lowest BCUT2D eigenvalue weighted by Gasteiger charge is -2.23. The molecule has 0 unspecified atom stereocenters. The van der Waals surface area contributed by atoms with Crippen molar-refractivity contribution in [1.29, 1.82) is 0 Å². The zero-order valence-corrected chi connectivity index (χ0v) is 16.5. The Bertz CT molecular complexity index is 631. The number of benzene rings is 1. The molecule has 0 fully saturated rings. The molecule has 0 bridgehead atoms. The quantitative estimate of drug-likeness (QED) is 0.435. The molecule has 0 N–H and O–H groups in total. The Labute approximate surface area is 161 Å². The molecule has 1 amide bonds. The van der Waals surface area contributed by atoms with Crippen LogP contribution in [-0.2, 0) is 9.53 Å². The van der Waals surface area contributed by atoms with Gasteiger partial charge in [0.25, 0.3) is 5.91 Å². The molecule has 1 aliphatic rings. The zero-order chi connectivity index (χ0) is 19.6. The molecule has 0 saturated carbocycles. The highest BCUT2D eigenvalue weighted by molar-refractivity contribution is 5.95. The van der Waals surface area contributed by atoms with Crippen LogP contribution in [0.2, 0.25) is 0 Å². The van der Waals surface area contributed by atoms with Crippen molar-refractivity contribution >= 4 is 11.9 Å². The van der Waals surface area contributed by atoms with Crippen molar-refractivity contribution in [3.63, 3.8) is 0 Å². The van der Waals surface area contributed by atoms with E-state index in [9.17, 15) is 9.59 Å². The summed E-state index contributed by atoms with van der Waals surface area (Å²) in [4.78, 5) is 28.6. The summed E-state index contributed by atoms with van der Waals surface area (Å²) < 4.78 is 15.4. The van der Waals surface area contributed by atoms with Crippen LogP contribution in [0.15, 0.2) is 18.2 Å². The number of rotatable bonds is 11. The molecule has 1 heterocycles. The molecule has 150 valence electrons. The number of fused-ring (bicyclic) bond motifs is 1. The highest BCUT2D eigenvalue weighted by Crippen LogP contribution is 2.32. The Morgan fingerprint density at radius 2 is 1.74 bits per heavy atom. The van der Waals surface area contributed by atoms with E-state index in [1.807, 2.05) is 0 Å². The van der Waals surface area contributed by atoms with Crippen molar-refractivity contribution < 1.29 is 23.8 Å². The van der Waals surface area contributed by atoms with Crippen LogP contribution in [0.5, 0.6) is 11.5 Å². The maximum atomic E-state index is 13.0. The van der Waals surface area contributed by atoms with Crippen LogP contribution in [-0.4, -0.2) is 68.3 Å². The largest absolute Gasteiger partial charge is 0.469 e. The van der Waals surface area contributed by atoms with Gasteiger partial charge in [0.05, 0.1) is 13.5 Å². The Morgan fingerprint density at radius 3 is 2.44 bits per heavy atom. The minimum absolute atomic E-state index is 0.111. The molecular weight excluding hydrogens is 348 g/mol. The van der Waals surface area contributed by atoms with E-state index in [-0.39, 0.29) is 25.1 Å². The lowest BCUT2D eigenvalue weighted by atomic mass is 10.1. The lowest BCUT2D eigenvalue weighted by Crippen LogP contribution is -2.34. The molecule has 7 nitrogen and oxygen atoms in total. The molecule has 2 rings (SSSR count). The molecule has 1 aromatic rings. The van der Waals surface area contributed by atoms with E-state index in [0.717, 1.165) is 32.5 Å². The van der Waals surface area contributed by atoms with E-state index in [1.165, 1.54) is 7.11 Å². The first-order valence-corrected chi connectivity index (χ1v) is 9.57. The number of ether oxygens (including phenoxy) is 3. The first-order valence-electron chi connectivity index (χ1n) is 9.57. The predicted octanol–water partition coefficient (Wildman–Crippen LogP) is 2.54. The van der Waals surface area contributed by atoms with E-state index in [0.29, 0.717) is 30.2 Å². The van der Waals surface area contributed by atoms with E-state index in [2.05, 4.69) is 18.7 Å². The maximum Gasteiger partial charge on any atom is 0.307 e. The summed E-state index contributed by atoms with van der Waals surface area (Å²) >= 11 is 0.